The van der Waals surface area contributed by atoms with Gasteiger partial charge in [0.15, 0.2) is 0 Å². The maximum Gasteiger partial charge on any atom is 0.573 e. The van der Waals surface area contributed by atoms with Gasteiger partial charge in [-0.15, -0.1) is 13.2 Å². The van der Waals surface area contributed by atoms with Crippen molar-refractivity contribution in [2.24, 2.45) is 0 Å². The van der Waals surface area contributed by atoms with Gasteiger partial charge in [0.05, 0.1) is 0 Å². The zero-order valence-corrected chi connectivity index (χ0v) is 10.5. The molecule has 0 unspecified atom stereocenters. The number of anilines is 1. The van der Waals surface area contributed by atoms with Gasteiger partial charge in [-0.2, -0.15) is 0 Å². The molecule has 106 valence electrons. The highest BCUT2D eigenvalue weighted by Crippen LogP contribution is 2.31. The summed E-state index contributed by atoms with van der Waals surface area (Å²) in [6.07, 6.45) is -4.78. The van der Waals surface area contributed by atoms with Crippen LogP contribution < -0.4 is 10.5 Å². The molecule has 0 heterocycles. The quantitative estimate of drug-likeness (QED) is 0.660. The third-order valence-electron chi connectivity index (χ3n) is 2.73. The predicted molar refractivity (Wildman–Crippen MR) is 67.7 cm³/mol. The second-order valence-electron chi connectivity index (χ2n) is 4.26. The van der Waals surface area contributed by atoms with Crippen LogP contribution in [0.4, 0.5) is 23.2 Å². The maximum absolute atomic E-state index is 13.8. The molecular formula is C14H11F4NO. The molecule has 2 aromatic rings. The van der Waals surface area contributed by atoms with Crippen molar-refractivity contribution in [1.82, 2.24) is 0 Å². The molecule has 0 saturated heterocycles. The molecule has 2 aromatic carbocycles. The Balaban J connectivity index is 2.44. The summed E-state index contributed by atoms with van der Waals surface area (Å²) in [5, 5.41) is 0. The van der Waals surface area contributed by atoms with Crippen LogP contribution in [0.25, 0.3) is 11.1 Å². The number of halogens is 4. The van der Waals surface area contributed by atoms with Gasteiger partial charge in [0.1, 0.15) is 11.6 Å². The van der Waals surface area contributed by atoms with Gasteiger partial charge in [0.25, 0.3) is 0 Å². The number of nitrogens with two attached hydrogens (primary N) is 1. The first-order valence-corrected chi connectivity index (χ1v) is 5.68. The van der Waals surface area contributed by atoms with Gasteiger partial charge in [-0.1, -0.05) is 12.1 Å². The summed E-state index contributed by atoms with van der Waals surface area (Å²) in [4.78, 5) is 0. The average molecular weight is 285 g/mol. The molecule has 0 aromatic heterocycles. The summed E-state index contributed by atoms with van der Waals surface area (Å²) in [6.45, 7) is 1.69. The van der Waals surface area contributed by atoms with Crippen LogP contribution in [-0.4, -0.2) is 6.36 Å². The molecule has 20 heavy (non-hydrogen) atoms. The lowest BCUT2D eigenvalue weighted by atomic mass is 10.0. The van der Waals surface area contributed by atoms with E-state index in [1.165, 1.54) is 18.2 Å². The van der Waals surface area contributed by atoms with E-state index in [2.05, 4.69) is 4.74 Å². The standard InChI is InChI=1S/C14H11F4NO/c1-8-5-11(12(15)7-13(8)19)9-3-2-4-10(6-9)20-14(16,17)18/h2-7H,19H2,1H3. The number of ether oxygens (including phenoxy) is 1. The summed E-state index contributed by atoms with van der Waals surface area (Å²) < 4.78 is 54.1. The molecule has 2 nitrogen and oxygen atoms in total. The highest BCUT2D eigenvalue weighted by Gasteiger charge is 2.31. The van der Waals surface area contributed by atoms with Crippen LogP contribution >= 0.6 is 0 Å². The highest BCUT2D eigenvalue weighted by atomic mass is 19.4. The third-order valence-corrected chi connectivity index (χ3v) is 2.73. The summed E-state index contributed by atoms with van der Waals surface area (Å²) in [5.41, 5.74) is 6.95. The van der Waals surface area contributed by atoms with E-state index in [-0.39, 0.29) is 16.8 Å². The minimum atomic E-state index is -4.78. The van der Waals surface area contributed by atoms with Crippen molar-refractivity contribution in [3.8, 4) is 16.9 Å². The molecule has 0 bridgehead atoms. The Labute approximate surface area is 112 Å². The monoisotopic (exact) mass is 285 g/mol. The van der Waals surface area contributed by atoms with Crippen LogP contribution in [0, 0.1) is 12.7 Å². The lowest BCUT2D eigenvalue weighted by Crippen LogP contribution is -2.17. The van der Waals surface area contributed by atoms with Crippen molar-refractivity contribution in [3.63, 3.8) is 0 Å². The zero-order valence-electron chi connectivity index (χ0n) is 10.5. The van der Waals surface area contributed by atoms with Gasteiger partial charge >= 0.3 is 6.36 Å². The number of aryl methyl sites for hydroxylation is 1. The van der Waals surface area contributed by atoms with Gasteiger partial charge in [0, 0.05) is 11.3 Å². The molecule has 0 aliphatic rings. The van der Waals surface area contributed by atoms with Crippen molar-refractivity contribution in [2.75, 3.05) is 5.73 Å². The van der Waals surface area contributed by atoms with Crippen molar-refractivity contribution >= 4 is 5.69 Å². The Morgan fingerprint density at radius 3 is 2.45 bits per heavy atom. The SMILES string of the molecule is Cc1cc(-c2cccc(OC(F)(F)F)c2)c(F)cc1N. The van der Waals surface area contributed by atoms with Gasteiger partial charge < -0.3 is 10.5 Å². The van der Waals surface area contributed by atoms with Gasteiger partial charge in [-0.25, -0.2) is 4.39 Å². The van der Waals surface area contributed by atoms with Crippen LogP contribution in [-0.2, 0) is 0 Å². The van der Waals surface area contributed by atoms with Crippen molar-refractivity contribution in [3.05, 3.63) is 47.8 Å². The summed E-state index contributed by atoms with van der Waals surface area (Å²) >= 11 is 0. The number of rotatable bonds is 2. The Morgan fingerprint density at radius 1 is 1.10 bits per heavy atom. The minimum absolute atomic E-state index is 0.171. The van der Waals surface area contributed by atoms with Crippen LogP contribution in [0.3, 0.4) is 0 Å². The van der Waals surface area contributed by atoms with Crippen LogP contribution in [0.2, 0.25) is 0 Å². The first-order valence-electron chi connectivity index (χ1n) is 5.68. The number of nitrogen functional groups attached to an aromatic ring is 1. The van der Waals surface area contributed by atoms with Gasteiger partial charge in [0.2, 0.25) is 0 Å². The molecular weight excluding hydrogens is 274 g/mol. The summed E-state index contributed by atoms with van der Waals surface area (Å²) in [5.74, 6) is -0.999. The first kappa shape index (κ1) is 14.2. The number of benzene rings is 2. The normalized spacial score (nSPS) is 11.4. The van der Waals surface area contributed by atoms with Gasteiger partial charge in [-0.05, 0) is 42.3 Å². The van der Waals surface area contributed by atoms with E-state index in [1.54, 1.807) is 6.92 Å². The molecule has 2 rings (SSSR count). The van der Waals surface area contributed by atoms with E-state index in [0.29, 0.717) is 5.56 Å². The van der Waals surface area contributed by atoms with E-state index in [9.17, 15) is 17.6 Å². The lowest BCUT2D eigenvalue weighted by molar-refractivity contribution is -0.274. The largest absolute Gasteiger partial charge is 0.573 e. The second-order valence-corrected chi connectivity index (χ2v) is 4.26. The molecule has 0 aliphatic heterocycles. The molecule has 0 amide bonds. The fourth-order valence-electron chi connectivity index (χ4n) is 1.78. The van der Waals surface area contributed by atoms with Crippen LogP contribution in [0.1, 0.15) is 5.56 Å². The van der Waals surface area contributed by atoms with Gasteiger partial charge in [-0.3, -0.25) is 0 Å². The Bertz CT molecular complexity index is 638. The first-order chi connectivity index (χ1) is 9.26. The van der Waals surface area contributed by atoms with Crippen molar-refractivity contribution < 1.29 is 22.3 Å². The molecule has 2 N–H and O–H groups in total. The molecule has 0 spiro atoms. The molecule has 6 heteroatoms. The number of hydrogen-bond acceptors (Lipinski definition) is 2. The average Bonchev–Trinajstić information content (AvgIpc) is 2.32. The van der Waals surface area contributed by atoms with Crippen molar-refractivity contribution in [2.45, 2.75) is 13.3 Å². The van der Waals surface area contributed by atoms with Crippen LogP contribution in [0.5, 0.6) is 5.75 Å². The second kappa shape index (κ2) is 5.03. The maximum atomic E-state index is 13.8. The lowest BCUT2D eigenvalue weighted by Gasteiger charge is -2.11. The van der Waals surface area contributed by atoms with E-state index >= 15 is 0 Å². The third kappa shape index (κ3) is 3.20. The summed E-state index contributed by atoms with van der Waals surface area (Å²) in [7, 11) is 0. The topological polar surface area (TPSA) is 35.2 Å². The Kier molecular flexibility index (Phi) is 3.57. The Morgan fingerprint density at radius 2 is 1.80 bits per heavy atom. The predicted octanol–water partition coefficient (Wildman–Crippen LogP) is 4.28. The zero-order chi connectivity index (χ0) is 14.9. The highest BCUT2D eigenvalue weighted by molar-refractivity contribution is 5.69. The minimum Gasteiger partial charge on any atom is -0.406 e. The van der Waals surface area contributed by atoms with E-state index in [0.717, 1.165) is 18.2 Å². The molecule has 0 radical (unpaired) electrons. The number of alkyl halides is 3. The summed E-state index contributed by atoms with van der Waals surface area (Å²) in [6, 6.07) is 7.76. The smallest absolute Gasteiger partial charge is 0.406 e. The van der Waals surface area contributed by atoms with E-state index in [1.807, 2.05) is 0 Å². The fraction of sp³-hybridized carbons (Fsp3) is 0.143. The van der Waals surface area contributed by atoms with E-state index in [4.69, 9.17) is 5.73 Å². The fourth-order valence-corrected chi connectivity index (χ4v) is 1.78. The number of hydrogen-bond donors (Lipinski definition) is 1. The Hall–Kier alpha value is -2.24. The molecule has 0 atom stereocenters. The van der Waals surface area contributed by atoms with Crippen LogP contribution in [0.15, 0.2) is 36.4 Å². The molecule has 0 fully saturated rings. The van der Waals surface area contributed by atoms with E-state index < -0.39 is 17.9 Å². The molecule has 0 aliphatic carbocycles. The molecule has 0 saturated carbocycles. The van der Waals surface area contributed by atoms with Crippen molar-refractivity contribution in [1.29, 1.82) is 0 Å².